The minimum absolute atomic E-state index is 0.00394. The second kappa shape index (κ2) is 9.64. The second-order valence-corrected chi connectivity index (χ2v) is 9.72. The summed E-state index contributed by atoms with van der Waals surface area (Å²) in [4.78, 5) is 10.5. The van der Waals surface area contributed by atoms with Crippen molar-refractivity contribution in [1.82, 2.24) is 0 Å². The van der Waals surface area contributed by atoms with Gasteiger partial charge in [-0.2, -0.15) is 0 Å². The van der Waals surface area contributed by atoms with Gasteiger partial charge < -0.3 is 4.43 Å². The molecule has 3 heteroatoms. The van der Waals surface area contributed by atoms with Crippen molar-refractivity contribution < 1.29 is 9.22 Å². The molecule has 0 N–H and O–H groups in total. The number of hydrogen-bond acceptors (Lipinski definition) is 2. The molecule has 1 atom stereocenters. The van der Waals surface area contributed by atoms with Gasteiger partial charge in [-0.25, -0.2) is 4.79 Å². The van der Waals surface area contributed by atoms with E-state index >= 15 is 0 Å². The van der Waals surface area contributed by atoms with Gasteiger partial charge in [-0.1, -0.05) is 46.0 Å². The van der Waals surface area contributed by atoms with Crippen molar-refractivity contribution in [3.8, 4) is 0 Å². The lowest BCUT2D eigenvalue weighted by Gasteiger charge is -2.26. The first kappa shape index (κ1) is 16.6. The zero-order valence-corrected chi connectivity index (χ0v) is 12.9. The number of carbonyl (C=O) groups excluding carboxylic acids is 1. The van der Waals surface area contributed by atoms with E-state index in [0.717, 1.165) is 18.9 Å². The van der Waals surface area contributed by atoms with Crippen LogP contribution in [0, 0.1) is 0 Å². The van der Waals surface area contributed by atoms with Crippen LogP contribution in [0.3, 0.4) is 0 Å². The molecule has 0 rings (SSSR count). The summed E-state index contributed by atoms with van der Waals surface area (Å²) in [5, 5.41) is 0. The van der Waals surface area contributed by atoms with E-state index in [1.165, 1.54) is 25.7 Å². The average Bonchev–Trinajstić information content (AvgIpc) is 2.28. The van der Waals surface area contributed by atoms with Gasteiger partial charge in [0.2, 0.25) is 0 Å². The standard InChI is InChI=1S/C14H28O2Si/c1-5-7-8-9-10-11-14(12-13-15)16-17(3,4)6-2/h12,14H,5-11H2,1-4H3. The van der Waals surface area contributed by atoms with Crippen LogP contribution >= 0.6 is 0 Å². The topological polar surface area (TPSA) is 26.3 Å². The van der Waals surface area contributed by atoms with Crippen LogP contribution in [0.2, 0.25) is 19.1 Å². The maximum atomic E-state index is 10.5. The van der Waals surface area contributed by atoms with Crippen LogP contribution in [0.25, 0.3) is 0 Å². The van der Waals surface area contributed by atoms with E-state index in [1.807, 2.05) is 5.94 Å². The fourth-order valence-corrected chi connectivity index (χ4v) is 2.87. The molecule has 0 aliphatic carbocycles. The highest BCUT2D eigenvalue weighted by molar-refractivity contribution is 6.71. The zero-order valence-electron chi connectivity index (χ0n) is 11.9. The molecule has 0 aromatic carbocycles. The first-order chi connectivity index (χ1) is 8.05. The third-order valence-electron chi connectivity index (χ3n) is 3.17. The van der Waals surface area contributed by atoms with E-state index in [2.05, 4.69) is 26.9 Å². The molecule has 1 unspecified atom stereocenters. The summed E-state index contributed by atoms with van der Waals surface area (Å²) in [5.74, 6) is 1.89. The molecule has 0 spiro atoms. The van der Waals surface area contributed by atoms with Crippen molar-refractivity contribution in [3.05, 3.63) is 6.08 Å². The molecule has 0 fully saturated rings. The Labute approximate surface area is 108 Å². The second-order valence-electron chi connectivity index (χ2n) is 5.26. The molecule has 0 aromatic heterocycles. The van der Waals surface area contributed by atoms with Crippen LogP contribution < -0.4 is 0 Å². The lowest BCUT2D eigenvalue weighted by molar-refractivity contribution is 0.224. The van der Waals surface area contributed by atoms with Gasteiger partial charge in [0.1, 0.15) is 5.94 Å². The van der Waals surface area contributed by atoms with Gasteiger partial charge in [-0.3, -0.25) is 0 Å². The Morgan fingerprint density at radius 3 is 2.35 bits per heavy atom. The highest BCUT2D eigenvalue weighted by atomic mass is 28.4. The van der Waals surface area contributed by atoms with Gasteiger partial charge in [-0.05, 0) is 25.6 Å². The Kier molecular flexibility index (Phi) is 9.42. The molecule has 0 radical (unpaired) electrons. The Morgan fingerprint density at radius 1 is 1.18 bits per heavy atom. The number of unbranched alkanes of at least 4 members (excludes halogenated alkanes) is 4. The molecular weight excluding hydrogens is 228 g/mol. The Morgan fingerprint density at radius 2 is 1.82 bits per heavy atom. The van der Waals surface area contributed by atoms with Crippen LogP contribution in [-0.2, 0) is 9.22 Å². The van der Waals surface area contributed by atoms with Crippen LogP contribution in [0.5, 0.6) is 0 Å². The molecule has 0 aliphatic heterocycles. The van der Waals surface area contributed by atoms with Crippen LogP contribution in [0.15, 0.2) is 6.08 Å². The fourth-order valence-electron chi connectivity index (χ4n) is 1.69. The molecule has 0 heterocycles. The molecule has 100 valence electrons. The first-order valence-corrected chi connectivity index (χ1v) is 10.1. The smallest absolute Gasteiger partial charge is 0.187 e. The van der Waals surface area contributed by atoms with Crippen molar-refractivity contribution in [2.24, 2.45) is 0 Å². The summed E-state index contributed by atoms with van der Waals surface area (Å²) in [6.45, 7) is 8.79. The van der Waals surface area contributed by atoms with Gasteiger partial charge in [0, 0.05) is 6.08 Å². The molecule has 17 heavy (non-hydrogen) atoms. The normalized spacial score (nSPS) is 13.2. The van der Waals surface area contributed by atoms with E-state index in [-0.39, 0.29) is 6.10 Å². The van der Waals surface area contributed by atoms with Gasteiger partial charge in [-0.15, -0.1) is 0 Å². The van der Waals surface area contributed by atoms with Gasteiger partial charge in [0.05, 0.1) is 6.10 Å². The Hall–Kier alpha value is -0.373. The average molecular weight is 256 g/mol. The summed E-state index contributed by atoms with van der Waals surface area (Å²) in [7, 11) is -1.56. The van der Waals surface area contributed by atoms with Crippen molar-refractivity contribution in [1.29, 1.82) is 0 Å². The van der Waals surface area contributed by atoms with Crippen molar-refractivity contribution in [2.45, 2.75) is 77.6 Å². The monoisotopic (exact) mass is 256 g/mol. The van der Waals surface area contributed by atoms with E-state index in [0.29, 0.717) is 0 Å². The largest absolute Gasteiger partial charge is 0.410 e. The van der Waals surface area contributed by atoms with Crippen LogP contribution in [0.4, 0.5) is 0 Å². The molecule has 2 nitrogen and oxygen atoms in total. The van der Waals surface area contributed by atoms with Crippen LogP contribution in [-0.4, -0.2) is 20.4 Å². The quantitative estimate of drug-likeness (QED) is 0.330. The fraction of sp³-hybridized carbons (Fsp3) is 0.857. The summed E-state index contributed by atoms with van der Waals surface area (Å²) in [6.07, 6.45) is 8.79. The summed E-state index contributed by atoms with van der Waals surface area (Å²) >= 11 is 0. The third kappa shape index (κ3) is 9.34. The molecule has 0 amide bonds. The molecule has 0 saturated carbocycles. The lowest BCUT2D eigenvalue weighted by Crippen LogP contribution is -2.34. The third-order valence-corrected chi connectivity index (χ3v) is 5.81. The van der Waals surface area contributed by atoms with E-state index < -0.39 is 8.32 Å². The van der Waals surface area contributed by atoms with E-state index in [9.17, 15) is 4.79 Å². The highest BCUT2D eigenvalue weighted by Crippen LogP contribution is 2.17. The molecule has 0 aromatic rings. The Balaban J connectivity index is 3.95. The predicted octanol–water partition coefficient (Wildman–Crippen LogP) is 4.34. The maximum Gasteiger partial charge on any atom is 0.187 e. The molecule has 0 bridgehead atoms. The van der Waals surface area contributed by atoms with E-state index in [4.69, 9.17) is 4.43 Å². The maximum absolute atomic E-state index is 10.5. The predicted molar refractivity (Wildman–Crippen MR) is 76.5 cm³/mol. The van der Waals surface area contributed by atoms with Gasteiger partial charge >= 0.3 is 0 Å². The summed E-state index contributed by atoms with van der Waals surface area (Å²) in [5.41, 5.74) is 0. The van der Waals surface area contributed by atoms with Crippen LogP contribution in [0.1, 0.15) is 52.4 Å². The van der Waals surface area contributed by atoms with E-state index in [1.54, 1.807) is 6.08 Å². The Bertz CT molecular complexity index is 232. The van der Waals surface area contributed by atoms with Crippen molar-refractivity contribution in [3.63, 3.8) is 0 Å². The first-order valence-electron chi connectivity index (χ1n) is 6.94. The minimum Gasteiger partial charge on any atom is -0.410 e. The van der Waals surface area contributed by atoms with Crippen molar-refractivity contribution >= 4 is 14.3 Å². The lowest BCUT2D eigenvalue weighted by atomic mass is 10.1. The van der Waals surface area contributed by atoms with Gasteiger partial charge in [0.25, 0.3) is 0 Å². The number of rotatable bonds is 10. The van der Waals surface area contributed by atoms with Crippen molar-refractivity contribution in [2.75, 3.05) is 0 Å². The minimum atomic E-state index is -1.56. The molecular formula is C14H28O2Si. The molecule has 0 aliphatic rings. The molecule has 0 saturated heterocycles. The number of hydrogen-bond donors (Lipinski definition) is 0. The highest BCUT2D eigenvalue weighted by Gasteiger charge is 2.23. The SMILES string of the molecule is CCCCCCCC(C=C=O)O[Si](C)(C)CC. The summed E-state index contributed by atoms with van der Waals surface area (Å²) < 4.78 is 6.05. The zero-order chi connectivity index (χ0) is 13.1. The summed E-state index contributed by atoms with van der Waals surface area (Å²) in [6, 6.07) is 1.09. The van der Waals surface area contributed by atoms with Gasteiger partial charge in [0.15, 0.2) is 8.32 Å².